The molecule has 7 nitrogen and oxygen atoms in total. The van der Waals surface area contributed by atoms with Crippen LogP contribution in [0, 0.1) is 11.8 Å². The summed E-state index contributed by atoms with van der Waals surface area (Å²) in [5.41, 5.74) is 1.88. The van der Waals surface area contributed by atoms with Crippen molar-refractivity contribution in [1.29, 1.82) is 0 Å². The molecule has 148 valence electrons. The van der Waals surface area contributed by atoms with E-state index in [4.69, 9.17) is 9.47 Å². The van der Waals surface area contributed by atoms with Gasteiger partial charge >= 0.3 is 6.09 Å². The number of hydrogen-bond donors (Lipinski definition) is 3. The van der Waals surface area contributed by atoms with E-state index in [2.05, 4.69) is 17.2 Å². The molecule has 0 atom stereocenters. The van der Waals surface area contributed by atoms with Gasteiger partial charge in [-0.2, -0.15) is 0 Å². The smallest absolute Gasteiger partial charge is 0.406 e. The van der Waals surface area contributed by atoms with Crippen LogP contribution in [0.15, 0.2) is 36.4 Å². The van der Waals surface area contributed by atoms with Crippen LogP contribution in [-0.4, -0.2) is 46.6 Å². The van der Waals surface area contributed by atoms with Crippen molar-refractivity contribution in [3.8, 4) is 28.7 Å². The normalized spacial score (nSPS) is 18.2. The van der Waals surface area contributed by atoms with Gasteiger partial charge in [0.25, 0.3) is 0 Å². The quantitative estimate of drug-likeness (QED) is 0.549. The maximum Gasteiger partial charge on any atom is 0.406 e. The van der Waals surface area contributed by atoms with Crippen LogP contribution in [0.4, 0.5) is 4.79 Å². The standard InChI is InChI=1S/C22H19NO6/c1-21(2)28-11-22(12-29-21,23-20(26)27)8-7-13-3-5-16-17(9-13)15-6-4-14(24)10-18(15)19(16)25/h3-6,9-10,23-24H,11-12H2,1-2H3,(H,26,27). The zero-order chi connectivity index (χ0) is 20.8. The van der Waals surface area contributed by atoms with Crippen molar-refractivity contribution in [3.05, 3.63) is 53.1 Å². The second-order valence-corrected chi connectivity index (χ2v) is 7.56. The molecule has 0 spiro atoms. The van der Waals surface area contributed by atoms with Crippen LogP contribution >= 0.6 is 0 Å². The number of nitrogens with one attached hydrogen (secondary N) is 1. The molecule has 1 aliphatic carbocycles. The molecular weight excluding hydrogens is 374 g/mol. The first-order valence-corrected chi connectivity index (χ1v) is 9.02. The van der Waals surface area contributed by atoms with Crippen molar-refractivity contribution in [2.75, 3.05) is 13.2 Å². The Morgan fingerprint density at radius 2 is 1.72 bits per heavy atom. The summed E-state index contributed by atoms with van der Waals surface area (Å²) in [6, 6.07) is 9.86. The van der Waals surface area contributed by atoms with Crippen LogP contribution in [-0.2, 0) is 9.47 Å². The number of carboxylic acid groups (broad SMARTS) is 1. The second kappa shape index (κ2) is 6.62. The molecular formula is C22H19NO6. The molecule has 0 bridgehead atoms. The van der Waals surface area contributed by atoms with Gasteiger partial charge in [0.1, 0.15) is 5.75 Å². The van der Waals surface area contributed by atoms with Crippen molar-refractivity contribution in [3.63, 3.8) is 0 Å². The van der Waals surface area contributed by atoms with Gasteiger partial charge in [0.15, 0.2) is 17.1 Å². The number of phenols is 1. The van der Waals surface area contributed by atoms with Crippen LogP contribution in [0.3, 0.4) is 0 Å². The summed E-state index contributed by atoms with van der Waals surface area (Å²) in [6.45, 7) is 3.59. The SMILES string of the molecule is CC1(C)OCC(C#Cc2ccc3c(c2)-c2ccc(O)cc2C3=O)(NC(=O)O)CO1. The molecule has 1 heterocycles. The third kappa shape index (κ3) is 3.56. The fraction of sp³-hybridized carbons (Fsp3) is 0.273. The molecule has 29 heavy (non-hydrogen) atoms. The summed E-state index contributed by atoms with van der Waals surface area (Å²) in [5.74, 6) is 4.99. The number of ketones is 1. The molecule has 3 N–H and O–H groups in total. The summed E-state index contributed by atoms with van der Waals surface area (Å²) in [6.07, 6.45) is -1.22. The Balaban J connectivity index is 1.69. The summed E-state index contributed by atoms with van der Waals surface area (Å²) >= 11 is 0. The predicted octanol–water partition coefficient (Wildman–Crippen LogP) is 2.74. The summed E-state index contributed by atoms with van der Waals surface area (Å²) in [4.78, 5) is 23.8. The highest BCUT2D eigenvalue weighted by molar-refractivity contribution is 6.22. The number of amides is 1. The highest BCUT2D eigenvalue weighted by Gasteiger charge is 2.40. The van der Waals surface area contributed by atoms with Gasteiger partial charge in [0, 0.05) is 16.7 Å². The average molecular weight is 393 g/mol. The first-order valence-electron chi connectivity index (χ1n) is 9.02. The number of phenolic OH excluding ortho intramolecular Hbond substituents is 1. The molecule has 1 saturated heterocycles. The van der Waals surface area contributed by atoms with Crippen LogP contribution in [0.25, 0.3) is 11.1 Å². The minimum Gasteiger partial charge on any atom is -0.508 e. The number of carbonyl (C=O) groups is 2. The minimum absolute atomic E-state index is 0.0341. The lowest BCUT2D eigenvalue weighted by Gasteiger charge is -2.40. The molecule has 0 radical (unpaired) electrons. The highest BCUT2D eigenvalue weighted by atomic mass is 16.7. The second-order valence-electron chi connectivity index (χ2n) is 7.56. The Morgan fingerprint density at radius 3 is 2.41 bits per heavy atom. The van der Waals surface area contributed by atoms with E-state index in [1.54, 1.807) is 38.1 Å². The van der Waals surface area contributed by atoms with Gasteiger partial charge in [-0.15, -0.1) is 0 Å². The Morgan fingerprint density at radius 1 is 1.03 bits per heavy atom. The lowest BCUT2D eigenvalue weighted by Crippen LogP contribution is -2.60. The van der Waals surface area contributed by atoms with E-state index in [-0.39, 0.29) is 24.7 Å². The van der Waals surface area contributed by atoms with Crippen molar-refractivity contribution in [1.82, 2.24) is 5.32 Å². The molecule has 2 aliphatic rings. The molecule has 0 saturated carbocycles. The van der Waals surface area contributed by atoms with Crippen LogP contribution in [0.5, 0.6) is 5.75 Å². The number of aromatic hydroxyl groups is 1. The van der Waals surface area contributed by atoms with E-state index in [9.17, 15) is 19.8 Å². The number of carbonyl (C=O) groups excluding carboxylic acids is 1. The number of benzene rings is 2. The van der Waals surface area contributed by atoms with Gasteiger partial charge in [-0.25, -0.2) is 4.79 Å². The molecule has 2 aromatic carbocycles. The first-order chi connectivity index (χ1) is 13.7. The van der Waals surface area contributed by atoms with E-state index >= 15 is 0 Å². The van der Waals surface area contributed by atoms with Gasteiger partial charge in [0.05, 0.1) is 13.2 Å². The average Bonchev–Trinajstić information content (AvgIpc) is 2.94. The Hall–Kier alpha value is -3.34. The Kier molecular flexibility index (Phi) is 4.34. The van der Waals surface area contributed by atoms with Gasteiger partial charge in [-0.3, -0.25) is 4.79 Å². The molecule has 4 rings (SSSR count). The van der Waals surface area contributed by atoms with Crippen molar-refractivity contribution < 1.29 is 29.3 Å². The van der Waals surface area contributed by atoms with Gasteiger partial charge in [-0.05, 0) is 61.4 Å². The predicted molar refractivity (Wildman–Crippen MR) is 104 cm³/mol. The number of hydrogen-bond acceptors (Lipinski definition) is 5. The van der Waals surface area contributed by atoms with Crippen LogP contribution in [0.2, 0.25) is 0 Å². The summed E-state index contributed by atoms with van der Waals surface area (Å²) in [5, 5.41) is 21.3. The summed E-state index contributed by atoms with van der Waals surface area (Å²) in [7, 11) is 0. The van der Waals surface area contributed by atoms with Crippen molar-refractivity contribution in [2.45, 2.75) is 25.2 Å². The highest BCUT2D eigenvalue weighted by Crippen LogP contribution is 2.38. The fourth-order valence-electron chi connectivity index (χ4n) is 3.39. The largest absolute Gasteiger partial charge is 0.508 e. The number of rotatable bonds is 1. The van der Waals surface area contributed by atoms with Crippen LogP contribution < -0.4 is 5.32 Å². The maximum absolute atomic E-state index is 12.5. The fourth-order valence-corrected chi connectivity index (χ4v) is 3.39. The number of ether oxygens (including phenoxy) is 2. The molecule has 1 fully saturated rings. The number of fused-ring (bicyclic) bond motifs is 3. The van der Waals surface area contributed by atoms with E-state index in [0.29, 0.717) is 16.7 Å². The monoisotopic (exact) mass is 393 g/mol. The topological polar surface area (TPSA) is 105 Å². The molecule has 2 aromatic rings. The van der Waals surface area contributed by atoms with Gasteiger partial charge in [0.2, 0.25) is 0 Å². The molecule has 0 aromatic heterocycles. The Bertz CT molecular complexity index is 1080. The maximum atomic E-state index is 12.5. The van der Waals surface area contributed by atoms with Crippen molar-refractivity contribution in [2.24, 2.45) is 0 Å². The molecule has 0 unspecified atom stereocenters. The molecule has 1 aliphatic heterocycles. The van der Waals surface area contributed by atoms with Crippen LogP contribution in [0.1, 0.15) is 35.3 Å². The lowest BCUT2D eigenvalue weighted by atomic mass is 9.99. The van der Waals surface area contributed by atoms with E-state index < -0.39 is 17.4 Å². The molecule has 1 amide bonds. The zero-order valence-electron chi connectivity index (χ0n) is 15.9. The van der Waals surface area contributed by atoms with Crippen molar-refractivity contribution >= 4 is 11.9 Å². The van der Waals surface area contributed by atoms with Gasteiger partial charge in [-0.1, -0.05) is 11.8 Å². The minimum atomic E-state index is -1.22. The molecule has 7 heteroatoms. The van der Waals surface area contributed by atoms with E-state index in [0.717, 1.165) is 11.1 Å². The third-order valence-corrected chi connectivity index (χ3v) is 4.93. The first kappa shape index (κ1) is 19.0. The van der Waals surface area contributed by atoms with E-state index in [1.165, 1.54) is 12.1 Å². The summed E-state index contributed by atoms with van der Waals surface area (Å²) < 4.78 is 11.2. The lowest BCUT2D eigenvalue weighted by molar-refractivity contribution is -0.262. The third-order valence-electron chi connectivity index (χ3n) is 4.93. The zero-order valence-corrected chi connectivity index (χ0v) is 15.9. The van der Waals surface area contributed by atoms with E-state index in [1.807, 2.05) is 0 Å². The van der Waals surface area contributed by atoms with Gasteiger partial charge < -0.3 is 25.0 Å². The Labute approximate surface area is 167 Å².